The predicted octanol–water partition coefficient (Wildman–Crippen LogP) is 5.63. The summed E-state index contributed by atoms with van der Waals surface area (Å²) in [6.07, 6.45) is 1.45. The Labute approximate surface area is 173 Å². The van der Waals surface area contributed by atoms with Crippen molar-refractivity contribution in [3.8, 4) is 0 Å². The first-order chi connectivity index (χ1) is 14.3. The van der Waals surface area contributed by atoms with Gasteiger partial charge in [0.05, 0.1) is 29.9 Å². The lowest BCUT2D eigenvalue weighted by molar-refractivity contribution is -0.402. The summed E-state index contributed by atoms with van der Waals surface area (Å²) in [5.74, 6) is 0.494. The van der Waals surface area contributed by atoms with Crippen molar-refractivity contribution in [1.82, 2.24) is 9.55 Å². The number of aromatic nitrogens is 2. The van der Waals surface area contributed by atoms with Crippen molar-refractivity contribution in [2.24, 2.45) is 4.99 Å². The molecule has 4 aromatic rings. The van der Waals surface area contributed by atoms with E-state index in [1.807, 2.05) is 28.8 Å². The van der Waals surface area contributed by atoms with E-state index in [4.69, 9.17) is 4.42 Å². The second-order valence-electron chi connectivity index (χ2n) is 8.12. The lowest BCUT2D eigenvalue weighted by Gasteiger charge is -2.19. The number of fused-ring (bicyclic) bond motifs is 1. The molecule has 0 aliphatic carbocycles. The molecule has 0 spiro atoms. The number of rotatable bonds is 5. The van der Waals surface area contributed by atoms with Crippen LogP contribution in [0.4, 0.5) is 11.8 Å². The molecule has 0 N–H and O–H groups in total. The molecular formula is C23H22N4O3. The molecule has 0 fully saturated rings. The Morgan fingerprint density at radius 2 is 1.83 bits per heavy atom. The van der Waals surface area contributed by atoms with Crippen LogP contribution in [0.3, 0.4) is 0 Å². The summed E-state index contributed by atoms with van der Waals surface area (Å²) in [5, 5.41) is 10.8. The number of furan rings is 1. The third-order valence-corrected chi connectivity index (χ3v) is 4.89. The monoisotopic (exact) mass is 402 g/mol. The smallest absolute Gasteiger partial charge is 0.400 e. The van der Waals surface area contributed by atoms with Gasteiger partial charge in [-0.3, -0.25) is 10.1 Å². The fourth-order valence-corrected chi connectivity index (χ4v) is 3.24. The van der Waals surface area contributed by atoms with Crippen molar-refractivity contribution >= 4 is 29.1 Å². The summed E-state index contributed by atoms with van der Waals surface area (Å²) in [6, 6.07) is 19.2. The largest absolute Gasteiger partial charge is 0.433 e. The van der Waals surface area contributed by atoms with Gasteiger partial charge in [0.1, 0.15) is 4.92 Å². The molecule has 2 aromatic heterocycles. The number of hydrogen-bond donors (Lipinski definition) is 0. The van der Waals surface area contributed by atoms with E-state index >= 15 is 0 Å². The highest BCUT2D eigenvalue weighted by molar-refractivity contribution is 5.82. The van der Waals surface area contributed by atoms with Crippen LogP contribution in [0, 0.1) is 10.1 Å². The fraction of sp³-hybridized carbons (Fsp3) is 0.217. The molecule has 30 heavy (non-hydrogen) atoms. The summed E-state index contributed by atoms with van der Waals surface area (Å²) < 4.78 is 7.18. The fourth-order valence-electron chi connectivity index (χ4n) is 3.24. The molecule has 2 aromatic carbocycles. The summed E-state index contributed by atoms with van der Waals surface area (Å²) in [6.45, 7) is 7.18. The molecule has 0 aliphatic heterocycles. The molecule has 0 unspecified atom stereocenters. The Bertz CT molecular complexity index is 1230. The van der Waals surface area contributed by atoms with Gasteiger partial charge < -0.3 is 8.98 Å². The first-order valence-corrected chi connectivity index (χ1v) is 9.64. The second-order valence-corrected chi connectivity index (χ2v) is 8.12. The first kappa shape index (κ1) is 19.6. The Kier molecular flexibility index (Phi) is 4.95. The highest BCUT2D eigenvalue weighted by atomic mass is 16.6. The number of para-hydroxylation sites is 2. The molecule has 0 amide bonds. The van der Waals surface area contributed by atoms with E-state index in [9.17, 15) is 10.1 Å². The van der Waals surface area contributed by atoms with E-state index < -0.39 is 4.92 Å². The minimum atomic E-state index is -0.576. The van der Waals surface area contributed by atoms with Gasteiger partial charge in [-0.2, -0.15) is 0 Å². The molecule has 0 atom stereocenters. The van der Waals surface area contributed by atoms with Crippen molar-refractivity contribution in [3.63, 3.8) is 0 Å². The Balaban J connectivity index is 1.68. The third kappa shape index (κ3) is 4.00. The Hall–Kier alpha value is -3.74. The highest BCUT2D eigenvalue weighted by Gasteiger charge is 2.15. The summed E-state index contributed by atoms with van der Waals surface area (Å²) >= 11 is 0. The number of nitrogens with zero attached hydrogens (tertiary/aromatic N) is 4. The highest BCUT2D eigenvalue weighted by Crippen LogP contribution is 2.26. The quantitative estimate of drug-likeness (QED) is 0.246. The molecule has 0 aliphatic rings. The van der Waals surface area contributed by atoms with Crippen LogP contribution in [0.5, 0.6) is 0 Å². The van der Waals surface area contributed by atoms with Crippen LogP contribution in [0.1, 0.15) is 37.7 Å². The van der Waals surface area contributed by atoms with E-state index in [1.165, 1.54) is 23.9 Å². The van der Waals surface area contributed by atoms with Gasteiger partial charge in [0, 0.05) is 0 Å². The van der Waals surface area contributed by atoms with Gasteiger partial charge in [-0.15, -0.1) is 0 Å². The lowest BCUT2D eigenvalue weighted by Crippen LogP contribution is -2.11. The maximum Gasteiger partial charge on any atom is 0.433 e. The summed E-state index contributed by atoms with van der Waals surface area (Å²) in [4.78, 5) is 19.3. The van der Waals surface area contributed by atoms with Gasteiger partial charge in [-0.25, -0.2) is 9.98 Å². The van der Waals surface area contributed by atoms with E-state index in [2.05, 4.69) is 55.0 Å². The zero-order chi connectivity index (χ0) is 21.3. The number of hydrogen-bond acceptors (Lipinski definition) is 5. The van der Waals surface area contributed by atoms with Gasteiger partial charge >= 0.3 is 5.88 Å². The molecule has 0 radical (unpaired) electrons. The van der Waals surface area contributed by atoms with Crippen molar-refractivity contribution < 1.29 is 9.34 Å². The Morgan fingerprint density at radius 3 is 2.50 bits per heavy atom. The van der Waals surface area contributed by atoms with Crippen LogP contribution in [-0.2, 0) is 12.0 Å². The minimum Gasteiger partial charge on any atom is -0.400 e. The second kappa shape index (κ2) is 7.59. The van der Waals surface area contributed by atoms with Gasteiger partial charge in [-0.1, -0.05) is 57.2 Å². The van der Waals surface area contributed by atoms with Gasteiger partial charge in [0.15, 0.2) is 5.76 Å². The SMILES string of the molecule is CC(C)(C)c1ccc(Cn2c(/N=C/c3ccc([N+](=O)[O-])o3)nc3ccccc32)cc1. The van der Waals surface area contributed by atoms with Crippen molar-refractivity contribution in [2.45, 2.75) is 32.7 Å². The first-order valence-electron chi connectivity index (χ1n) is 9.64. The molecule has 0 saturated heterocycles. The normalized spacial score (nSPS) is 12.1. The number of nitro groups is 1. The van der Waals surface area contributed by atoms with Crippen LogP contribution in [0.15, 0.2) is 70.1 Å². The van der Waals surface area contributed by atoms with Crippen molar-refractivity contribution in [2.75, 3.05) is 0 Å². The zero-order valence-electron chi connectivity index (χ0n) is 17.1. The third-order valence-electron chi connectivity index (χ3n) is 4.89. The minimum absolute atomic E-state index is 0.0985. The van der Waals surface area contributed by atoms with Crippen LogP contribution in [0.25, 0.3) is 11.0 Å². The average Bonchev–Trinajstić information content (AvgIpc) is 3.31. The average molecular weight is 402 g/mol. The van der Waals surface area contributed by atoms with E-state index in [-0.39, 0.29) is 11.3 Å². The summed E-state index contributed by atoms with van der Waals surface area (Å²) in [5.41, 5.74) is 4.31. The van der Waals surface area contributed by atoms with Gasteiger partial charge in [0.25, 0.3) is 0 Å². The maximum atomic E-state index is 10.8. The van der Waals surface area contributed by atoms with Crippen molar-refractivity contribution in [1.29, 1.82) is 0 Å². The van der Waals surface area contributed by atoms with E-state index in [0.717, 1.165) is 16.6 Å². The number of imidazole rings is 1. The van der Waals surface area contributed by atoms with Crippen LogP contribution in [0.2, 0.25) is 0 Å². The number of benzene rings is 2. The van der Waals surface area contributed by atoms with E-state index in [0.29, 0.717) is 18.3 Å². The number of aliphatic imine (C=N–C) groups is 1. The maximum absolute atomic E-state index is 10.8. The lowest BCUT2D eigenvalue weighted by atomic mass is 9.87. The topological polar surface area (TPSA) is 86.5 Å². The standard InChI is InChI=1S/C23H22N4O3/c1-23(2,3)17-10-8-16(9-11-17)15-26-20-7-5-4-6-19(20)25-22(26)24-14-18-12-13-21(30-18)27(28)29/h4-14H,15H2,1-3H3/b24-14+. The van der Waals surface area contributed by atoms with Crippen LogP contribution in [-0.4, -0.2) is 20.7 Å². The molecule has 4 rings (SSSR count). The predicted molar refractivity (Wildman–Crippen MR) is 117 cm³/mol. The Morgan fingerprint density at radius 1 is 1.10 bits per heavy atom. The van der Waals surface area contributed by atoms with Crippen LogP contribution < -0.4 is 0 Å². The molecular weight excluding hydrogens is 380 g/mol. The van der Waals surface area contributed by atoms with Gasteiger partial charge in [0.2, 0.25) is 5.95 Å². The molecule has 7 nitrogen and oxygen atoms in total. The summed E-state index contributed by atoms with van der Waals surface area (Å²) in [7, 11) is 0. The molecule has 0 saturated carbocycles. The zero-order valence-corrected chi connectivity index (χ0v) is 17.1. The van der Waals surface area contributed by atoms with E-state index in [1.54, 1.807) is 0 Å². The van der Waals surface area contributed by atoms with Crippen molar-refractivity contribution in [3.05, 3.63) is 87.7 Å². The van der Waals surface area contributed by atoms with Gasteiger partial charge in [-0.05, 0) is 34.7 Å². The molecule has 7 heteroatoms. The molecule has 0 bridgehead atoms. The molecule has 152 valence electrons. The molecule has 2 heterocycles. The van der Waals surface area contributed by atoms with Crippen LogP contribution >= 0.6 is 0 Å².